The third-order valence-electron chi connectivity index (χ3n) is 2.60. The van der Waals surface area contributed by atoms with Gasteiger partial charge in [0, 0.05) is 17.1 Å². The first-order valence-electron chi connectivity index (χ1n) is 5.86. The third kappa shape index (κ3) is 3.14. The predicted molar refractivity (Wildman–Crippen MR) is 70.8 cm³/mol. The second-order valence-corrected chi connectivity index (χ2v) is 4.07. The summed E-state index contributed by atoms with van der Waals surface area (Å²) in [5, 5.41) is 2.94. The highest BCUT2D eigenvalue weighted by Crippen LogP contribution is 2.18. The number of ether oxygens (including phenoxy) is 1. The van der Waals surface area contributed by atoms with Crippen molar-refractivity contribution >= 4 is 28.7 Å². The minimum atomic E-state index is -0.665. The van der Waals surface area contributed by atoms with E-state index in [-0.39, 0.29) is 6.54 Å². The van der Waals surface area contributed by atoms with Gasteiger partial charge in [-0.05, 0) is 6.07 Å². The van der Waals surface area contributed by atoms with Crippen LogP contribution in [0.2, 0.25) is 0 Å². The Balaban J connectivity index is 1.95. The summed E-state index contributed by atoms with van der Waals surface area (Å²) in [5.74, 6) is -1.87. The number of rotatable bonds is 5. The third-order valence-corrected chi connectivity index (χ3v) is 2.60. The number of hydrogen-bond donors (Lipinski definition) is 3. The molecule has 0 saturated heterocycles. The van der Waals surface area contributed by atoms with E-state index in [1.165, 1.54) is 6.20 Å². The monoisotopic (exact) mass is 275 g/mol. The molecule has 0 bridgehead atoms. The summed E-state index contributed by atoms with van der Waals surface area (Å²) in [7, 11) is 0. The van der Waals surface area contributed by atoms with Crippen LogP contribution in [0.25, 0.3) is 10.9 Å². The Morgan fingerprint density at radius 3 is 2.75 bits per heavy atom. The summed E-state index contributed by atoms with van der Waals surface area (Å²) >= 11 is 0. The van der Waals surface area contributed by atoms with Crippen molar-refractivity contribution in [2.24, 2.45) is 5.73 Å². The number of esters is 1. The molecule has 7 heteroatoms. The van der Waals surface area contributed by atoms with E-state index in [2.05, 4.69) is 10.3 Å². The van der Waals surface area contributed by atoms with Crippen molar-refractivity contribution in [3.05, 3.63) is 36.0 Å². The molecule has 2 rings (SSSR count). The Morgan fingerprint density at radius 1 is 1.25 bits per heavy atom. The van der Waals surface area contributed by atoms with Crippen molar-refractivity contribution < 1.29 is 19.1 Å². The van der Waals surface area contributed by atoms with E-state index in [1.807, 2.05) is 12.1 Å². The fraction of sp³-hybridized carbons (Fsp3) is 0.154. The molecule has 20 heavy (non-hydrogen) atoms. The zero-order chi connectivity index (χ0) is 14.5. The van der Waals surface area contributed by atoms with Crippen LogP contribution in [0, 0.1) is 0 Å². The number of hydrogen-bond acceptors (Lipinski definition) is 4. The number of nitrogens with one attached hydrogen (secondary N) is 2. The van der Waals surface area contributed by atoms with E-state index in [0.717, 1.165) is 10.9 Å². The molecule has 0 unspecified atom stereocenters. The Kier molecular flexibility index (Phi) is 3.99. The van der Waals surface area contributed by atoms with Crippen LogP contribution in [0.15, 0.2) is 30.5 Å². The number of benzene rings is 1. The summed E-state index contributed by atoms with van der Waals surface area (Å²) in [5.41, 5.74) is 6.02. The molecule has 0 radical (unpaired) electrons. The molecule has 4 N–H and O–H groups in total. The summed E-state index contributed by atoms with van der Waals surface area (Å²) in [6, 6.07) is 7.24. The molecule has 0 aliphatic rings. The number of fused-ring (bicyclic) bond motifs is 1. The van der Waals surface area contributed by atoms with Gasteiger partial charge in [-0.1, -0.05) is 18.2 Å². The highest BCUT2D eigenvalue weighted by atomic mass is 16.5. The lowest BCUT2D eigenvalue weighted by molar-refractivity contribution is -0.127. The van der Waals surface area contributed by atoms with Gasteiger partial charge in [0.05, 0.1) is 12.1 Å². The predicted octanol–water partition coefficient (Wildman–Crippen LogP) is -0.0738. The minimum Gasteiger partial charge on any atom is -0.452 e. The Hall–Kier alpha value is -2.83. The van der Waals surface area contributed by atoms with Gasteiger partial charge in [0.25, 0.3) is 5.91 Å². The Bertz CT molecular complexity index is 662. The van der Waals surface area contributed by atoms with Crippen molar-refractivity contribution in [2.45, 2.75) is 0 Å². The fourth-order valence-corrected chi connectivity index (χ4v) is 1.69. The number of carbonyl (C=O) groups is 3. The molecule has 2 aromatic rings. The molecule has 1 aromatic heterocycles. The maximum atomic E-state index is 11.8. The summed E-state index contributed by atoms with van der Waals surface area (Å²) < 4.78 is 4.87. The topological polar surface area (TPSA) is 114 Å². The standard InChI is InChI=1S/C13H13N3O4/c14-11(17)6-16-12(18)7-20-13(19)9-5-15-10-4-2-1-3-8(9)10/h1-5,15H,6-7H2,(H2,14,17)(H,16,18). The molecule has 0 atom stereocenters. The number of aromatic amines is 1. The van der Waals surface area contributed by atoms with Crippen LogP contribution < -0.4 is 11.1 Å². The van der Waals surface area contributed by atoms with Crippen LogP contribution >= 0.6 is 0 Å². The average molecular weight is 275 g/mol. The molecule has 0 spiro atoms. The normalized spacial score (nSPS) is 10.2. The van der Waals surface area contributed by atoms with E-state index in [4.69, 9.17) is 10.5 Å². The number of para-hydroxylation sites is 1. The zero-order valence-corrected chi connectivity index (χ0v) is 10.5. The van der Waals surface area contributed by atoms with Crippen LogP contribution in [0.1, 0.15) is 10.4 Å². The van der Waals surface area contributed by atoms with Crippen LogP contribution in [0.3, 0.4) is 0 Å². The van der Waals surface area contributed by atoms with E-state index >= 15 is 0 Å². The molecule has 0 fully saturated rings. The number of carbonyl (C=O) groups excluding carboxylic acids is 3. The molecule has 0 saturated carbocycles. The Morgan fingerprint density at radius 2 is 2.00 bits per heavy atom. The van der Waals surface area contributed by atoms with Gasteiger partial charge in [-0.2, -0.15) is 0 Å². The first-order chi connectivity index (χ1) is 9.58. The van der Waals surface area contributed by atoms with Crippen LogP contribution in [-0.2, 0) is 14.3 Å². The minimum absolute atomic E-state index is 0.288. The summed E-state index contributed by atoms with van der Waals surface area (Å²) in [4.78, 5) is 36.5. The van der Waals surface area contributed by atoms with Gasteiger partial charge in [-0.15, -0.1) is 0 Å². The van der Waals surface area contributed by atoms with Gasteiger partial charge in [-0.3, -0.25) is 9.59 Å². The van der Waals surface area contributed by atoms with Gasteiger partial charge >= 0.3 is 5.97 Å². The van der Waals surface area contributed by atoms with Crippen molar-refractivity contribution in [3.8, 4) is 0 Å². The molecule has 0 aliphatic carbocycles. The lowest BCUT2D eigenvalue weighted by Gasteiger charge is -2.04. The van der Waals surface area contributed by atoms with Crippen molar-refractivity contribution in [2.75, 3.05) is 13.2 Å². The average Bonchev–Trinajstić information content (AvgIpc) is 2.86. The van der Waals surface area contributed by atoms with E-state index < -0.39 is 24.4 Å². The van der Waals surface area contributed by atoms with E-state index in [0.29, 0.717) is 5.56 Å². The highest BCUT2D eigenvalue weighted by molar-refractivity contribution is 6.04. The molecule has 1 heterocycles. The zero-order valence-electron chi connectivity index (χ0n) is 10.5. The number of aromatic nitrogens is 1. The summed E-state index contributed by atoms with van der Waals surface area (Å²) in [6.07, 6.45) is 1.52. The maximum absolute atomic E-state index is 11.8. The number of primary amides is 1. The molecular formula is C13H13N3O4. The van der Waals surface area contributed by atoms with Gasteiger partial charge in [0.15, 0.2) is 6.61 Å². The lowest BCUT2D eigenvalue weighted by atomic mass is 10.2. The smallest absolute Gasteiger partial charge is 0.340 e. The van der Waals surface area contributed by atoms with Gasteiger partial charge in [-0.25, -0.2) is 4.79 Å². The quantitative estimate of drug-likeness (QED) is 0.662. The van der Waals surface area contributed by atoms with Gasteiger partial charge in [0.1, 0.15) is 0 Å². The SMILES string of the molecule is NC(=O)CNC(=O)COC(=O)c1c[nH]c2ccccc12. The first-order valence-corrected chi connectivity index (χ1v) is 5.86. The first kappa shape index (κ1) is 13.6. The molecule has 7 nitrogen and oxygen atoms in total. The fourth-order valence-electron chi connectivity index (χ4n) is 1.69. The van der Waals surface area contributed by atoms with E-state index in [1.54, 1.807) is 12.1 Å². The maximum Gasteiger partial charge on any atom is 0.340 e. The number of H-pyrrole nitrogens is 1. The molecular weight excluding hydrogens is 262 g/mol. The van der Waals surface area contributed by atoms with Crippen molar-refractivity contribution in [3.63, 3.8) is 0 Å². The second kappa shape index (κ2) is 5.87. The number of nitrogens with two attached hydrogens (primary N) is 1. The van der Waals surface area contributed by atoms with Gasteiger partial charge < -0.3 is 20.8 Å². The van der Waals surface area contributed by atoms with Crippen LogP contribution in [-0.4, -0.2) is 35.9 Å². The largest absolute Gasteiger partial charge is 0.452 e. The highest BCUT2D eigenvalue weighted by Gasteiger charge is 2.14. The molecule has 2 amide bonds. The second-order valence-electron chi connectivity index (χ2n) is 4.07. The van der Waals surface area contributed by atoms with Crippen molar-refractivity contribution in [1.29, 1.82) is 0 Å². The molecule has 1 aromatic carbocycles. The van der Waals surface area contributed by atoms with Crippen LogP contribution in [0.5, 0.6) is 0 Å². The Labute approximate surface area is 114 Å². The number of amides is 2. The van der Waals surface area contributed by atoms with Crippen molar-refractivity contribution in [1.82, 2.24) is 10.3 Å². The molecule has 0 aliphatic heterocycles. The summed E-state index contributed by atoms with van der Waals surface area (Å²) in [6.45, 7) is -0.755. The molecule has 104 valence electrons. The lowest BCUT2D eigenvalue weighted by Crippen LogP contribution is -2.35. The van der Waals surface area contributed by atoms with E-state index in [9.17, 15) is 14.4 Å². The van der Waals surface area contributed by atoms with Crippen LogP contribution in [0.4, 0.5) is 0 Å². The van der Waals surface area contributed by atoms with Gasteiger partial charge in [0.2, 0.25) is 5.91 Å².